The van der Waals surface area contributed by atoms with Crippen LogP contribution in [0.1, 0.15) is 51.8 Å². The van der Waals surface area contributed by atoms with Crippen molar-refractivity contribution < 1.29 is 14.2 Å². The number of rotatable bonds is 8. The summed E-state index contributed by atoms with van der Waals surface area (Å²) in [5.74, 6) is 0.858. The summed E-state index contributed by atoms with van der Waals surface area (Å²) < 4.78 is 18.9. The van der Waals surface area contributed by atoms with Crippen molar-refractivity contribution >= 4 is 5.69 Å². The van der Waals surface area contributed by atoms with Crippen molar-refractivity contribution in [1.82, 2.24) is 0 Å². The zero-order valence-electron chi connectivity index (χ0n) is 18.1. The van der Waals surface area contributed by atoms with E-state index in [-0.39, 0.29) is 18.3 Å². The number of allylic oxidation sites excluding steroid dienone is 1. The highest BCUT2D eigenvalue weighted by atomic mass is 16.6. The number of benzene rings is 2. The average Bonchev–Trinajstić information content (AvgIpc) is 2.69. The Morgan fingerprint density at radius 2 is 1.90 bits per heavy atom. The van der Waals surface area contributed by atoms with Crippen LogP contribution < -0.4 is 10.1 Å². The minimum Gasteiger partial charge on any atom is -0.485 e. The minimum absolute atomic E-state index is 0.0792. The zero-order chi connectivity index (χ0) is 20.9. The highest BCUT2D eigenvalue weighted by molar-refractivity contribution is 5.53. The predicted molar refractivity (Wildman–Crippen MR) is 118 cm³/mol. The number of hydrogen-bond acceptors (Lipinski definition) is 4. The van der Waals surface area contributed by atoms with Crippen LogP contribution >= 0.6 is 0 Å². The van der Waals surface area contributed by atoms with Crippen LogP contribution in [0.4, 0.5) is 5.69 Å². The Kier molecular flexibility index (Phi) is 6.99. The number of hydrogen-bond donors (Lipinski definition) is 1. The summed E-state index contributed by atoms with van der Waals surface area (Å²) in [4.78, 5) is 0. The largest absolute Gasteiger partial charge is 0.485 e. The molecule has 1 aliphatic heterocycles. The molecule has 0 amide bonds. The van der Waals surface area contributed by atoms with Crippen LogP contribution in [0.25, 0.3) is 0 Å². The summed E-state index contributed by atoms with van der Waals surface area (Å²) in [6, 6.07) is 16.6. The lowest BCUT2D eigenvalue weighted by Gasteiger charge is -2.44. The van der Waals surface area contributed by atoms with E-state index >= 15 is 0 Å². The lowest BCUT2D eigenvalue weighted by Crippen LogP contribution is -2.51. The maximum Gasteiger partial charge on any atom is 0.132 e. The molecule has 0 spiro atoms. The van der Waals surface area contributed by atoms with E-state index in [0.717, 1.165) is 23.5 Å². The molecule has 0 radical (unpaired) electrons. The van der Waals surface area contributed by atoms with Gasteiger partial charge in [-0.2, -0.15) is 0 Å². The minimum atomic E-state index is -0.493. The number of anilines is 1. The topological polar surface area (TPSA) is 39.7 Å². The summed E-state index contributed by atoms with van der Waals surface area (Å²) in [6.07, 6.45) is 3.68. The fraction of sp³-hybridized carbons (Fsp3) is 0.440. The number of fused-ring (bicyclic) bond motifs is 1. The van der Waals surface area contributed by atoms with Gasteiger partial charge in [-0.05, 0) is 58.4 Å². The Balaban J connectivity index is 1.87. The zero-order valence-corrected chi connectivity index (χ0v) is 18.1. The van der Waals surface area contributed by atoms with Crippen LogP contribution in [0.3, 0.4) is 0 Å². The molecule has 0 saturated heterocycles. The molecule has 0 aromatic heterocycles. The molecular weight excluding hydrogens is 362 g/mol. The highest BCUT2D eigenvalue weighted by Gasteiger charge is 2.45. The molecule has 0 fully saturated rings. The predicted octanol–water partition coefficient (Wildman–Crippen LogP) is 5.90. The van der Waals surface area contributed by atoms with E-state index in [0.29, 0.717) is 6.61 Å². The number of ether oxygens (including phenoxy) is 3. The second-order valence-electron chi connectivity index (χ2n) is 8.23. The molecule has 0 saturated carbocycles. The van der Waals surface area contributed by atoms with Gasteiger partial charge in [0.2, 0.25) is 0 Å². The molecule has 0 aliphatic carbocycles. The Bertz CT molecular complexity index is 814. The normalized spacial score (nSPS) is 20.5. The van der Waals surface area contributed by atoms with E-state index in [2.05, 4.69) is 69.4 Å². The lowest BCUT2D eigenvalue weighted by atomic mass is 9.87. The molecule has 1 heterocycles. The molecule has 1 N–H and O–H groups in total. The fourth-order valence-electron chi connectivity index (χ4n) is 3.62. The van der Waals surface area contributed by atoms with Crippen molar-refractivity contribution in [3.05, 3.63) is 71.8 Å². The second-order valence-corrected chi connectivity index (χ2v) is 8.23. The SMILES string of the molecule is C/C=C/COC1C(OC(C)C)c2cc(NCc3ccccc3)ccc2OC1(C)C. The summed E-state index contributed by atoms with van der Waals surface area (Å²) in [5, 5.41) is 3.51. The first-order chi connectivity index (χ1) is 13.9. The van der Waals surface area contributed by atoms with Gasteiger partial charge in [0.05, 0.1) is 12.7 Å². The smallest absolute Gasteiger partial charge is 0.132 e. The monoisotopic (exact) mass is 395 g/mol. The average molecular weight is 396 g/mol. The molecule has 0 bridgehead atoms. The van der Waals surface area contributed by atoms with Gasteiger partial charge in [0, 0.05) is 17.8 Å². The molecule has 2 unspecified atom stereocenters. The van der Waals surface area contributed by atoms with Gasteiger partial charge in [-0.3, -0.25) is 0 Å². The van der Waals surface area contributed by atoms with Gasteiger partial charge in [0.15, 0.2) is 0 Å². The molecule has 3 rings (SSSR count). The van der Waals surface area contributed by atoms with Gasteiger partial charge in [0.25, 0.3) is 0 Å². The van der Waals surface area contributed by atoms with Crippen LogP contribution in [-0.2, 0) is 16.0 Å². The molecule has 2 aromatic rings. The third-order valence-corrected chi connectivity index (χ3v) is 5.02. The Hall–Kier alpha value is -2.30. The van der Waals surface area contributed by atoms with Crippen molar-refractivity contribution in [2.45, 2.75) is 65.1 Å². The highest BCUT2D eigenvalue weighted by Crippen LogP contribution is 2.44. The van der Waals surface area contributed by atoms with Gasteiger partial charge in [-0.25, -0.2) is 0 Å². The molecule has 2 aromatic carbocycles. The third-order valence-electron chi connectivity index (χ3n) is 5.02. The van der Waals surface area contributed by atoms with E-state index in [4.69, 9.17) is 14.2 Å². The molecule has 1 aliphatic rings. The first-order valence-electron chi connectivity index (χ1n) is 10.4. The van der Waals surface area contributed by atoms with E-state index in [1.807, 2.05) is 31.2 Å². The quantitative estimate of drug-likeness (QED) is 0.565. The second kappa shape index (κ2) is 9.47. The van der Waals surface area contributed by atoms with E-state index in [1.165, 1.54) is 5.56 Å². The molecule has 4 heteroatoms. The van der Waals surface area contributed by atoms with Crippen molar-refractivity contribution in [3.8, 4) is 5.75 Å². The van der Waals surface area contributed by atoms with Gasteiger partial charge >= 0.3 is 0 Å². The van der Waals surface area contributed by atoms with Crippen molar-refractivity contribution in [2.24, 2.45) is 0 Å². The van der Waals surface area contributed by atoms with Crippen LogP contribution in [0.5, 0.6) is 5.75 Å². The van der Waals surface area contributed by atoms with Crippen LogP contribution in [0.15, 0.2) is 60.7 Å². The maximum absolute atomic E-state index is 6.36. The van der Waals surface area contributed by atoms with Gasteiger partial charge in [0.1, 0.15) is 23.6 Å². The summed E-state index contributed by atoms with van der Waals surface area (Å²) >= 11 is 0. The molecule has 2 atom stereocenters. The Morgan fingerprint density at radius 3 is 2.59 bits per heavy atom. The maximum atomic E-state index is 6.36. The first kappa shape index (κ1) is 21.4. The molecular formula is C25H33NO3. The van der Waals surface area contributed by atoms with Crippen LogP contribution in [0, 0.1) is 0 Å². The fourth-order valence-corrected chi connectivity index (χ4v) is 3.62. The van der Waals surface area contributed by atoms with E-state index < -0.39 is 5.60 Å². The van der Waals surface area contributed by atoms with Gasteiger partial charge in [-0.15, -0.1) is 0 Å². The summed E-state index contributed by atoms with van der Waals surface area (Å²) in [7, 11) is 0. The van der Waals surface area contributed by atoms with Crippen molar-refractivity contribution in [3.63, 3.8) is 0 Å². The van der Waals surface area contributed by atoms with E-state index in [9.17, 15) is 0 Å². The van der Waals surface area contributed by atoms with E-state index in [1.54, 1.807) is 0 Å². The lowest BCUT2D eigenvalue weighted by molar-refractivity contribution is -0.168. The Labute approximate surface area is 174 Å². The third kappa shape index (κ3) is 5.40. The molecule has 4 nitrogen and oxygen atoms in total. The van der Waals surface area contributed by atoms with Crippen molar-refractivity contribution in [2.75, 3.05) is 11.9 Å². The standard InChI is InChI=1S/C25H33NO3/c1-6-7-15-27-24-23(28-18(2)3)21-16-20(13-14-22(21)29-25(24,4)5)26-17-19-11-9-8-10-12-19/h6-14,16,18,23-24,26H,15,17H2,1-5H3/b7-6+. The number of nitrogens with one attached hydrogen (secondary N) is 1. The first-order valence-corrected chi connectivity index (χ1v) is 10.4. The van der Waals surface area contributed by atoms with Crippen LogP contribution in [-0.4, -0.2) is 24.4 Å². The van der Waals surface area contributed by atoms with Gasteiger partial charge < -0.3 is 19.5 Å². The van der Waals surface area contributed by atoms with Gasteiger partial charge in [-0.1, -0.05) is 42.5 Å². The summed E-state index contributed by atoms with van der Waals surface area (Å²) in [6.45, 7) is 11.5. The summed E-state index contributed by atoms with van der Waals surface area (Å²) in [5.41, 5.74) is 2.82. The van der Waals surface area contributed by atoms with Crippen LogP contribution in [0.2, 0.25) is 0 Å². The molecule has 156 valence electrons. The Morgan fingerprint density at radius 1 is 1.14 bits per heavy atom. The molecule has 29 heavy (non-hydrogen) atoms. The van der Waals surface area contributed by atoms with Crippen molar-refractivity contribution in [1.29, 1.82) is 0 Å².